The van der Waals surface area contributed by atoms with Gasteiger partial charge in [0, 0.05) is 23.6 Å². The molecule has 5 nitrogen and oxygen atoms in total. The zero-order chi connectivity index (χ0) is 15.5. The maximum atomic E-state index is 12.7. The van der Waals surface area contributed by atoms with Crippen LogP contribution in [0.5, 0.6) is 5.75 Å². The molecule has 0 atom stereocenters. The summed E-state index contributed by atoms with van der Waals surface area (Å²) in [7, 11) is 0. The lowest BCUT2D eigenvalue weighted by Gasteiger charge is -2.37. The number of rotatable bonds is 4. The van der Waals surface area contributed by atoms with E-state index in [2.05, 4.69) is 13.8 Å². The first kappa shape index (κ1) is 15.7. The van der Waals surface area contributed by atoms with Crippen molar-refractivity contribution < 1.29 is 14.3 Å². The van der Waals surface area contributed by atoms with E-state index < -0.39 is 5.91 Å². The zero-order valence-corrected chi connectivity index (χ0v) is 13.1. The second kappa shape index (κ2) is 6.39. The van der Waals surface area contributed by atoms with Gasteiger partial charge >= 0.3 is 0 Å². The predicted octanol–water partition coefficient (Wildman–Crippen LogP) is 1.52. The van der Waals surface area contributed by atoms with Crippen molar-refractivity contribution in [3.8, 4) is 5.75 Å². The Hall–Kier alpha value is -1.69. The van der Waals surface area contributed by atoms with Gasteiger partial charge in [0.25, 0.3) is 11.8 Å². The number of carbonyl (C=O) groups is 2. The van der Waals surface area contributed by atoms with Crippen LogP contribution in [0.4, 0.5) is 0 Å². The Bertz CT molecular complexity index is 545. The highest BCUT2D eigenvalue weighted by Crippen LogP contribution is 2.31. The second-order valence-electron chi connectivity index (χ2n) is 5.59. The number of ether oxygens (including phenoxy) is 1. The zero-order valence-electron chi connectivity index (χ0n) is 12.3. The van der Waals surface area contributed by atoms with Crippen LogP contribution in [-0.2, 0) is 4.79 Å². The summed E-state index contributed by atoms with van der Waals surface area (Å²) in [6.45, 7) is 5.45. The summed E-state index contributed by atoms with van der Waals surface area (Å²) in [5, 5.41) is 0. The highest BCUT2D eigenvalue weighted by atomic mass is 32.2. The van der Waals surface area contributed by atoms with Crippen molar-refractivity contribution in [3.63, 3.8) is 0 Å². The number of hydrogen-bond acceptors (Lipinski definition) is 4. The molecular weight excluding hydrogens is 288 g/mol. The number of nitrogens with zero attached hydrogens (tertiary/aromatic N) is 1. The molecular formula is C15H20N2O3S. The molecule has 0 aliphatic carbocycles. The second-order valence-corrected chi connectivity index (χ2v) is 7.39. The molecule has 0 saturated carbocycles. The quantitative estimate of drug-likeness (QED) is 0.915. The maximum absolute atomic E-state index is 12.7. The van der Waals surface area contributed by atoms with Gasteiger partial charge in [0.1, 0.15) is 5.75 Å². The van der Waals surface area contributed by atoms with E-state index in [1.165, 1.54) is 0 Å². The van der Waals surface area contributed by atoms with Crippen molar-refractivity contribution in [2.45, 2.75) is 18.6 Å². The highest BCUT2D eigenvalue weighted by Gasteiger charge is 2.31. The molecule has 1 aromatic rings. The van der Waals surface area contributed by atoms with Crippen LogP contribution in [0.25, 0.3) is 0 Å². The first-order chi connectivity index (χ1) is 9.89. The Morgan fingerprint density at radius 3 is 2.76 bits per heavy atom. The fourth-order valence-electron chi connectivity index (χ4n) is 2.28. The molecule has 1 fully saturated rings. The molecule has 1 aliphatic rings. The van der Waals surface area contributed by atoms with Crippen LogP contribution >= 0.6 is 11.8 Å². The molecule has 114 valence electrons. The molecule has 0 unspecified atom stereocenters. The van der Waals surface area contributed by atoms with Crippen molar-refractivity contribution in [1.29, 1.82) is 0 Å². The van der Waals surface area contributed by atoms with Crippen LogP contribution in [0, 0.1) is 0 Å². The fraction of sp³-hybridized carbons (Fsp3) is 0.467. The van der Waals surface area contributed by atoms with Gasteiger partial charge in [0.05, 0.1) is 5.56 Å². The molecule has 2 amide bonds. The third kappa shape index (κ3) is 4.14. The monoisotopic (exact) mass is 308 g/mol. The van der Waals surface area contributed by atoms with Crippen LogP contribution in [0.1, 0.15) is 24.2 Å². The van der Waals surface area contributed by atoms with Gasteiger partial charge in [-0.15, -0.1) is 0 Å². The number of primary amides is 1. The van der Waals surface area contributed by atoms with E-state index in [0.717, 1.165) is 12.3 Å². The van der Waals surface area contributed by atoms with Crippen LogP contribution in [0.15, 0.2) is 24.3 Å². The number of benzene rings is 1. The minimum atomic E-state index is -0.562. The summed E-state index contributed by atoms with van der Waals surface area (Å²) in [4.78, 5) is 25.3. The third-order valence-electron chi connectivity index (χ3n) is 3.20. The van der Waals surface area contributed by atoms with Gasteiger partial charge in [-0.1, -0.05) is 12.1 Å². The number of hydrogen-bond donors (Lipinski definition) is 1. The molecule has 0 aromatic heterocycles. The van der Waals surface area contributed by atoms with Crippen LogP contribution < -0.4 is 10.5 Å². The van der Waals surface area contributed by atoms with E-state index in [1.54, 1.807) is 24.3 Å². The van der Waals surface area contributed by atoms with E-state index in [0.29, 0.717) is 17.9 Å². The molecule has 1 saturated heterocycles. The van der Waals surface area contributed by atoms with Crippen molar-refractivity contribution in [2.24, 2.45) is 5.73 Å². The van der Waals surface area contributed by atoms with Crippen LogP contribution in [0.3, 0.4) is 0 Å². The molecule has 1 aliphatic heterocycles. The number of thioether (sulfide) groups is 1. The minimum Gasteiger partial charge on any atom is -0.483 e. The normalized spacial score (nSPS) is 17.3. The molecule has 0 spiro atoms. The molecule has 2 N–H and O–H groups in total. The Balaban J connectivity index is 2.17. The van der Waals surface area contributed by atoms with Crippen molar-refractivity contribution in [1.82, 2.24) is 4.90 Å². The lowest BCUT2D eigenvalue weighted by atomic mass is 10.1. The van der Waals surface area contributed by atoms with Gasteiger partial charge in [-0.05, 0) is 26.0 Å². The molecule has 0 radical (unpaired) electrons. The van der Waals surface area contributed by atoms with E-state index >= 15 is 0 Å². The predicted molar refractivity (Wildman–Crippen MR) is 83.6 cm³/mol. The molecule has 1 heterocycles. The van der Waals surface area contributed by atoms with Gasteiger partial charge in [0.15, 0.2) is 6.61 Å². The topological polar surface area (TPSA) is 72.6 Å². The Morgan fingerprint density at radius 2 is 2.10 bits per heavy atom. The average Bonchev–Trinajstić information content (AvgIpc) is 2.43. The molecule has 6 heteroatoms. The number of para-hydroxylation sites is 1. The smallest absolute Gasteiger partial charge is 0.257 e. The highest BCUT2D eigenvalue weighted by molar-refractivity contribution is 8.00. The standard InChI is InChI=1S/C15H20N2O3S/c1-15(2)10-17(7-8-21-15)14(19)11-5-3-4-6-12(11)20-9-13(16)18/h3-6H,7-10H2,1-2H3,(H2,16,18). The largest absolute Gasteiger partial charge is 0.483 e. The van der Waals surface area contributed by atoms with E-state index in [9.17, 15) is 9.59 Å². The fourth-order valence-corrected chi connectivity index (χ4v) is 3.39. The molecule has 2 rings (SSSR count). The van der Waals surface area contributed by atoms with Crippen molar-refractivity contribution in [3.05, 3.63) is 29.8 Å². The van der Waals surface area contributed by atoms with Gasteiger partial charge < -0.3 is 15.4 Å². The van der Waals surface area contributed by atoms with Crippen molar-refractivity contribution in [2.75, 3.05) is 25.4 Å². The van der Waals surface area contributed by atoms with E-state index in [4.69, 9.17) is 10.5 Å². The Morgan fingerprint density at radius 1 is 1.38 bits per heavy atom. The first-order valence-corrected chi connectivity index (χ1v) is 7.81. The summed E-state index contributed by atoms with van der Waals surface area (Å²) >= 11 is 1.87. The van der Waals surface area contributed by atoms with Gasteiger partial charge in [-0.3, -0.25) is 9.59 Å². The number of carbonyl (C=O) groups excluding carboxylic acids is 2. The van der Waals surface area contributed by atoms with Crippen molar-refractivity contribution >= 4 is 23.6 Å². The van der Waals surface area contributed by atoms with Gasteiger partial charge in [-0.2, -0.15) is 11.8 Å². The summed E-state index contributed by atoms with van der Waals surface area (Å²) in [6.07, 6.45) is 0. The Kier molecular flexibility index (Phi) is 4.77. The summed E-state index contributed by atoms with van der Waals surface area (Å²) in [6, 6.07) is 6.95. The summed E-state index contributed by atoms with van der Waals surface area (Å²) in [5.74, 6) is 0.691. The van der Waals surface area contributed by atoms with Gasteiger partial charge in [-0.25, -0.2) is 0 Å². The molecule has 21 heavy (non-hydrogen) atoms. The maximum Gasteiger partial charge on any atom is 0.257 e. The summed E-state index contributed by atoms with van der Waals surface area (Å²) in [5.41, 5.74) is 5.56. The lowest BCUT2D eigenvalue weighted by molar-refractivity contribution is -0.119. The minimum absolute atomic E-state index is 0.0525. The Labute approximate surface area is 128 Å². The van der Waals surface area contributed by atoms with Gasteiger partial charge in [0.2, 0.25) is 0 Å². The van der Waals surface area contributed by atoms with Crippen LogP contribution in [0.2, 0.25) is 0 Å². The average molecular weight is 308 g/mol. The number of amides is 2. The van der Waals surface area contributed by atoms with Crippen LogP contribution in [-0.4, -0.2) is 46.9 Å². The summed E-state index contributed by atoms with van der Waals surface area (Å²) < 4.78 is 5.39. The first-order valence-electron chi connectivity index (χ1n) is 6.82. The third-order valence-corrected chi connectivity index (χ3v) is 4.50. The molecule has 0 bridgehead atoms. The van der Waals surface area contributed by atoms with E-state index in [1.807, 2.05) is 16.7 Å². The lowest BCUT2D eigenvalue weighted by Crippen LogP contribution is -2.46. The number of nitrogens with two attached hydrogens (primary N) is 1. The molecule has 1 aromatic carbocycles. The van der Waals surface area contributed by atoms with E-state index in [-0.39, 0.29) is 17.3 Å². The SMILES string of the molecule is CC1(C)CN(C(=O)c2ccccc2OCC(N)=O)CCS1.